The molecule has 1 unspecified atom stereocenters. The maximum Gasteiger partial charge on any atom is 0.191 e. The van der Waals surface area contributed by atoms with E-state index in [1.807, 2.05) is 26.0 Å². The van der Waals surface area contributed by atoms with Gasteiger partial charge in [0, 0.05) is 26.7 Å². The van der Waals surface area contributed by atoms with Crippen LogP contribution in [0.4, 0.5) is 0 Å². The number of rotatable bonds is 6. The molecule has 1 fully saturated rings. The molecule has 1 aromatic rings. The van der Waals surface area contributed by atoms with Crippen LogP contribution in [0.15, 0.2) is 29.3 Å². The van der Waals surface area contributed by atoms with Crippen molar-refractivity contribution >= 4 is 29.9 Å². The van der Waals surface area contributed by atoms with Crippen molar-refractivity contribution in [2.45, 2.75) is 45.4 Å². The van der Waals surface area contributed by atoms with E-state index in [-0.39, 0.29) is 30.1 Å². The van der Waals surface area contributed by atoms with Gasteiger partial charge in [-0.1, -0.05) is 12.1 Å². The zero-order valence-corrected chi connectivity index (χ0v) is 16.5. The van der Waals surface area contributed by atoms with Crippen LogP contribution in [-0.4, -0.2) is 38.4 Å². The molecule has 0 bridgehead atoms. The normalized spacial score (nSPS) is 17.7. The fourth-order valence-corrected chi connectivity index (χ4v) is 2.42. The maximum absolute atomic E-state index is 5.71. The van der Waals surface area contributed by atoms with Crippen LogP contribution >= 0.6 is 24.0 Å². The van der Waals surface area contributed by atoms with E-state index in [0.29, 0.717) is 12.6 Å². The number of ether oxygens (including phenoxy) is 2. The van der Waals surface area contributed by atoms with Crippen molar-refractivity contribution in [2.75, 3.05) is 20.2 Å². The molecule has 5 nitrogen and oxygen atoms in total. The molecule has 0 amide bonds. The Kier molecular flexibility index (Phi) is 9.31. The quantitative estimate of drug-likeness (QED) is 0.412. The molecule has 0 saturated carbocycles. The summed E-state index contributed by atoms with van der Waals surface area (Å²) in [5.74, 6) is 1.70. The van der Waals surface area contributed by atoms with Crippen molar-refractivity contribution < 1.29 is 9.47 Å². The van der Waals surface area contributed by atoms with Crippen molar-refractivity contribution in [3.8, 4) is 5.75 Å². The highest BCUT2D eigenvalue weighted by Gasteiger charge is 2.15. The molecule has 0 aliphatic carbocycles. The highest BCUT2D eigenvalue weighted by molar-refractivity contribution is 14.0. The van der Waals surface area contributed by atoms with Gasteiger partial charge in [0.1, 0.15) is 5.75 Å². The summed E-state index contributed by atoms with van der Waals surface area (Å²) in [4.78, 5) is 4.24. The summed E-state index contributed by atoms with van der Waals surface area (Å²) in [7, 11) is 1.78. The number of nitrogens with zero attached hydrogens (tertiary/aromatic N) is 1. The molecule has 6 heteroatoms. The van der Waals surface area contributed by atoms with Gasteiger partial charge in [-0.3, -0.25) is 4.99 Å². The van der Waals surface area contributed by atoms with Crippen molar-refractivity contribution in [3.63, 3.8) is 0 Å². The number of hydrogen-bond donors (Lipinski definition) is 2. The number of benzene rings is 1. The van der Waals surface area contributed by atoms with Gasteiger partial charge in [0.25, 0.3) is 0 Å². The Bertz CT molecular complexity index is 488. The topological polar surface area (TPSA) is 54.9 Å². The first-order chi connectivity index (χ1) is 10.7. The van der Waals surface area contributed by atoms with Crippen molar-refractivity contribution in [2.24, 2.45) is 4.99 Å². The van der Waals surface area contributed by atoms with Crippen molar-refractivity contribution in [3.05, 3.63) is 29.8 Å². The minimum atomic E-state index is 0. The van der Waals surface area contributed by atoms with Crippen LogP contribution < -0.4 is 15.4 Å². The molecule has 0 radical (unpaired) electrons. The summed E-state index contributed by atoms with van der Waals surface area (Å²) in [6.07, 6.45) is 2.77. The summed E-state index contributed by atoms with van der Waals surface area (Å²) in [6.45, 7) is 6.45. The molecule has 2 rings (SSSR count). The van der Waals surface area contributed by atoms with Crippen LogP contribution in [0.5, 0.6) is 5.75 Å². The van der Waals surface area contributed by atoms with E-state index in [1.165, 1.54) is 5.56 Å². The molecule has 23 heavy (non-hydrogen) atoms. The second-order valence-corrected chi connectivity index (χ2v) is 5.76. The molecule has 0 aromatic heterocycles. The Hall–Kier alpha value is -1.02. The Labute approximate surface area is 156 Å². The number of nitrogens with one attached hydrogen (secondary N) is 2. The van der Waals surface area contributed by atoms with Crippen LogP contribution in [0.25, 0.3) is 0 Å². The van der Waals surface area contributed by atoms with Gasteiger partial charge >= 0.3 is 0 Å². The molecule has 130 valence electrons. The Morgan fingerprint density at radius 2 is 2.22 bits per heavy atom. The second-order valence-electron chi connectivity index (χ2n) is 5.76. The van der Waals surface area contributed by atoms with E-state index in [4.69, 9.17) is 9.47 Å². The van der Waals surface area contributed by atoms with Crippen LogP contribution in [-0.2, 0) is 11.3 Å². The van der Waals surface area contributed by atoms with Crippen LogP contribution in [0.1, 0.15) is 32.3 Å². The van der Waals surface area contributed by atoms with Gasteiger partial charge in [0.05, 0.1) is 12.2 Å². The van der Waals surface area contributed by atoms with Gasteiger partial charge in [0.2, 0.25) is 0 Å². The first kappa shape index (κ1) is 20.0. The lowest BCUT2D eigenvalue weighted by Crippen LogP contribution is -2.40. The molecule has 2 N–H and O–H groups in total. The van der Waals surface area contributed by atoms with Gasteiger partial charge in [-0.15, -0.1) is 24.0 Å². The SMILES string of the molecule is CN=C(NCc1cccc(OC(C)C)c1)NCC1CCCO1.I. The predicted octanol–water partition coefficient (Wildman–Crippen LogP) is 2.94. The zero-order valence-electron chi connectivity index (χ0n) is 14.2. The fourth-order valence-electron chi connectivity index (χ4n) is 2.42. The summed E-state index contributed by atoms with van der Waals surface area (Å²) in [5, 5.41) is 6.63. The van der Waals surface area contributed by atoms with E-state index >= 15 is 0 Å². The molecule has 1 aliphatic rings. The minimum absolute atomic E-state index is 0. The average molecular weight is 433 g/mol. The molecule has 1 atom stereocenters. The molecular formula is C17H28IN3O2. The Morgan fingerprint density at radius 3 is 2.87 bits per heavy atom. The third kappa shape index (κ3) is 7.39. The summed E-state index contributed by atoms with van der Waals surface area (Å²) >= 11 is 0. The number of hydrogen-bond acceptors (Lipinski definition) is 3. The third-order valence-corrected chi connectivity index (χ3v) is 3.47. The molecule has 0 spiro atoms. The van der Waals surface area contributed by atoms with Crippen LogP contribution in [0.3, 0.4) is 0 Å². The smallest absolute Gasteiger partial charge is 0.191 e. The lowest BCUT2D eigenvalue weighted by atomic mass is 10.2. The summed E-state index contributed by atoms with van der Waals surface area (Å²) < 4.78 is 11.3. The lowest BCUT2D eigenvalue weighted by Gasteiger charge is -2.15. The molecular weight excluding hydrogens is 405 g/mol. The minimum Gasteiger partial charge on any atom is -0.491 e. The van der Waals surface area contributed by atoms with Gasteiger partial charge in [0.15, 0.2) is 5.96 Å². The van der Waals surface area contributed by atoms with Crippen LogP contribution in [0, 0.1) is 0 Å². The highest BCUT2D eigenvalue weighted by atomic mass is 127. The molecule has 1 heterocycles. The zero-order chi connectivity index (χ0) is 15.8. The number of halogens is 1. The van der Waals surface area contributed by atoms with Gasteiger partial charge in [-0.25, -0.2) is 0 Å². The molecule has 1 aliphatic heterocycles. The average Bonchev–Trinajstić information content (AvgIpc) is 3.00. The number of aliphatic imine (C=N–C) groups is 1. The van der Waals surface area contributed by atoms with Crippen molar-refractivity contribution in [1.29, 1.82) is 0 Å². The van der Waals surface area contributed by atoms with Gasteiger partial charge < -0.3 is 20.1 Å². The number of guanidine groups is 1. The molecule has 1 saturated heterocycles. The Balaban J connectivity index is 0.00000264. The highest BCUT2D eigenvalue weighted by Crippen LogP contribution is 2.14. The van der Waals surface area contributed by atoms with Gasteiger partial charge in [-0.2, -0.15) is 0 Å². The monoisotopic (exact) mass is 433 g/mol. The Morgan fingerprint density at radius 1 is 1.39 bits per heavy atom. The van der Waals surface area contributed by atoms with E-state index in [2.05, 4.69) is 27.8 Å². The van der Waals surface area contributed by atoms with Crippen molar-refractivity contribution in [1.82, 2.24) is 10.6 Å². The first-order valence-corrected chi connectivity index (χ1v) is 7.99. The lowest BCUT2D eigenvalue weighted by molar-refractivity contribution is 0.114. The van der Waals surface area contributed by atoms with Crippen LogP contribution in [0.2, 0.25) is 0 Å². The molecule has 1 aromatic carbocycles. The van der Waals surface area contributed by atoms with E-state index in [1.54, 1.807) is 7.05 Å². The maximum atomic E-state index is 5.71. The fraction of sp³-hybridized carbons (Fsp3) is 0.588. The first-order valence-electron chi connectivity index (χ1n) is 7.99. The van der Waals surface area contributed by atoms with E-state index in [0.717, 1.165) is 37.7 Å². The summed E-state index contributed by atoms with van der Waals surface area (Å²) in [5.41, 5.74) is 1.17. The van der Waals surface area contributed by atoms with E-state index < -0.39 is 0 Å². The largest absolute Gasteiger partial charge is 0.491 e. The third-order valence-electron chi connectivity index (χ3n) is 3.47. The summed E-state index contributed by atoms with van der Waals surface area (Å²) in [6, 6.07) is 8.12. The van der Waals surface area contributed by atoms with Gasteiger partial charge in [-0.05, 0) is 44.4 Å². The second kappa shape index (κ2) is 10.7. The van der Waals surface area contributed by atoms with E-state index in [9.17, 15) is 0 Å². The predicted molar refractivity (Wildman–Crippen MR) is 105 cm³/mol. The standard InChI is InChI=1S/C17H27N3O2.HI/c1-13(2)22-15-7-4-6-14(10-15)11-19-17(18-3)20-12-16-8-5-9-21-16;/h4,6-7,10,13,16H,5,8-9,11-12H2,1-3H3,(H2,18,19,20);1H.